The zero-order valence-corrected chi connectivity index (χ0v) is 13.1. The van der Waals surface area contributed by atoms with Gasteiger partial charge in [0.1, 0.15) is 5.75 Å². The smallest absolute Gasteiger partial charge is 0.413 e. The van der Waals surface area contributed by atoms with E-state index in [1.807, 2.05) is 55.5 Å². The van der Waals surface area contributed by atoms with E-state index >= 15 is 0 Å². The van der Waals surface area contributed by atoms with Crippen molar-refractivity contribution in [2.45, 2.75) is 19.4 Å². The maximum absolute atomic E-state index is 12.6. The summed E-state index contributed by atoms with van der Waals surface area (Å²) in [6.45, 7) is 1.95. The van der Waals surface area contributed by atoms with Gasteiger partial charge in [-0.25, -0.2) is 9.65 Å². The summed E-state index contributed by atoms with van der Waals surface area (Å²) in [7, 11) is -1.98. The van der Waals surface area contributed by atoms with Crippen molar-refractivity contribution in [3.8, 4) is 5.75 Å². The molecule has 0 aromatic heterocycles. The van der Waals surface area contributed by atoms with Crippen LogP contribution in [0.5, 0.6) is 5.75 Å². The molecule has 0 spiro atoms. The van der Waals surface area contributed by atoms with E-state index in [0.717, 1.165) is 6.42 Å². The lowest BCUT2D eigenvalue weighted by Crippen LogP contribution is -2.28. The van der Waals surface area contributed by atoms with Crippen molar-refractivity contribution in [3.63, 3.8) is 0 Å². The molecule has 0 amide bonds. The van der Waals surface area contributed by atoms with Crippen LogP contribution in [0.25, 0.3) is 0 Å². The van der Waals surface area contributed by atoms with Crippen LogP contribution in [0.15, 0.2) is 60.7 Å². The molecule has 1 N–H and O–H groups in total. The SMILES string of the molecule is COP(=O)(NC(C)Cc1ccccc1)Oc1ccccc1. The van der Waals surface area contributed by atoms with E-state index in [1.165, 1.54) is 12.7 Å². The molecule has 4 nitrogen and oxygen atoms in total. The van der Waals surface area contributed by atoms with E-state index in [1.54, 1.807) is 12.1 Å². The molecular formula is C16H20NO3P. The average Bonchev–Trinajstić information content (AvgIpc) is 2.49. The monoisotopic (exact) mass is 305 g/mol. The molecular weight excluding hydrogens is 285 g/mol. The van der Waals surface area contributed by atoms with E-state index < -0.39 is 7.75 Å². The molecule has 21 heavy (non-hydrogen) atoms. The van der Waals surface area contributed by atoms with Crippen LogP contribution in [-0.4, -0.2) is 13.2 Å². The lowest BCUT2D eigenvalue weighted by molar-refractivity contribution is 0.303. The second kappa shape index (κ2) is 7.41. The molecule has 5 heteroatoms. The zero-order chi connectivity index (χ0) is 15.1. The first kappa shape index (κ1) is 15.8. The van der Waals surface area contributed by atoms with Gasteiger partial charge >= 0.3 is 7.75 Å². The fraction of sp³-hybridized carbons (Fsp3) is 0.250. The second-order valence-corrected chi connectivity index (χ2v) is 6.61. The third-order valence-corrected chi connectivity index (χ3v) is 4.66. The summed E-state index contributed by atoms with van der Waals surface area (Å²) in [6, 6.07) is 19.0. The Morgan fingerprint density at radius 2 is 1.62 bits per heavy atom. The Kier molecular flexibility index (Phi) is 5.57. The Labute approximate surface area is 125 Å². The Morgan fingerprint density at radius 1 is 1.05 bits per heavy atom. The summed E-state index contributed by atoms with van der Waals surface area (Å²) in [6.07, 6.45) is 0.742. The van der Waals surface area contributed by atoms with Crippen LogP contribution in [0, 0.1) is 0 Å². The van der Waals surface area contributed by atoms with Crippen molar-refractivity contribution in [3.05, 3.63) is 66.2 Å². The topological polar surface area (TPSA) is 47.6 Å². The first-order chi connectivity index (χ1) is 10.1. The maximum Gasteiger partial charge on any atom is 0.458 e. The number of rotatable bonds is 7. The van der Waals surface area contributed by atoms with Gasteiger partial charge in [0.15, 0.2) is 0 Å². The average molecular weight is 305 g/mol. The van der Waals surface area contributed by atoms with Crippen molar-refractivity contribution in [2.24, 2.45) is 0 Å². The van der Waals surface area contributed by atoms with Crippen LogP contribution in [-0.2, 0) is 15.5 Å². The highest BCUT2D eigenvalue weighted by Crippen LogP contribution is 2.43. The lowest BCUT2D eigenvalue weighted by atomic mass is 10.1. The van der Waals surface area contributed by atoms with Crippen LogP contribution >= 0.6 is 7.75 Å². The highest BCUT2D eigenvalue weighted by Gasteiger charge is 2.27. The summed E-state index contributed by atoms with van der Waals surface area (Å²) in [5.41, 5.74) is 1.17. The molecule has 0 bridgehead atoms. The van der Waals surface area contributed by atoms with E-state index in [-0.39, 0.29) is 6.04 Å². The van der Waals surface area contributed by atoms with Gasteiger partial charge in [-0.2, -0.15) is 0 Å². The summed E-state index contributed by atoms with van der Waals surface area (Å²) < 4.78 is 23.2. The van der Waals surface area contributed by atoms with Crippen molar-refractivity contribution < 1.29 is 13.6 Å². The van der Waals surface area contributed by atoms with Gasteiger partial charge in [0.25, 0.3) is 0 Å². The molecule has 0 heterocycles. The molecule has 2 aromatic carbocycles. The maximum atomic E-state index is 12.6. The summed E-state index contributed by atoms with van der Waals surface area (Å²) in [5.74, 6) is 0.516. The quantitative estimate of drug-likeness (QED) is 0.784. The second-order valence-electron chi connectivity index (χ2n) is 4.80. The number of para-hydroxylation sites is 1. The van der Waals surface area contributed by atoms with Gasteiger partial charge in [0.2, 0.25) is 0 Å². The molecule has 2 atom stereocenters. The minimum atomic E-state index is -3.37. The highest BCUT2D eigenvalue weighted by molar-refractivity contribution is 7.52. The molecule has 2 rings (SSSR count). The van der Waals surface area contributed by atoms with Gasteiger partial charge in [-0.3, -0.25) is 4.52 Å². The van der Waals surface area contributed by atoms with Crippen LogP contribution in [0.3, 0.4) is 0 Å². The lowest BCUT2D eigenvalue weighted by Gasteiger charge is -2.22. The Bertz CT molecular complexity index is 589. The fourth-order valence-electron chi connectivity index (χ4n) is 2.02. The highest BCUT2D eigenvalue weighted by atomic mass is 31.2. The van der Waals surface area contributed by atoms with Gasteiger partial charge in [0.05, 0.1) is 0 Å². The van der Waals surface area contributed by atoms with Gasteiger partial charge in [0, 0.05) is 13.2 Å². The molecule has 0 fully saturated rings. The van der Waals surface area contributed by atoms with Crippen molar-refractivity contribution in [1.29, 1.82) is 0 Å². The first-order valence-corrected chi connectivity index (χ1v) is 8.38. The molecule has 2 aromatic rings. The third kappa shape index (κ3) is 5.01. The van der Waals surface area contributed by atoms with Crippen molar-refractivity contribution in [2.75, 3.05) is 7.11 Å². The standard InChI is InChI=1S/C16H20NO3P/c1-14(13-15-9-5-3-6-10-15)17-21(18,19-2)20-16-11-7-4-8-12-16/h3-12,14H,13H2,1-2H3,(H,17,18). The molecule has 0 radical (unpaired) electrons. The van der Waals surface area contributed by atoms with Crippen molar-refractivity contribution >= 4 is 7.75 Å². The number of hydrogen-bond acceptors (Lipinski definition) is 3. The normalized spacial score (nSPS) is 15.1. The molecule has 0 saturated carbocycles. The predicted molar refractivity (Wildman–Crippen MR) is 84.4 cm³/mol. The Hall–Kier alpha value is -1.61. The number of benzene rings is 2. The van der Waals surface area contributed by atoms with Crippen LogP contribution < -0.4 is 9.61 Å². The molecule has 0 aliphatic rings. The Balaban J connectivity index is 1.99. The van der Waals surface area contributed by atoms with Gasteiger partial charge in [-0.1, -0.05) is 48.5 Å². The summed E-state index contributed by atoms with van der Waals surface area (Å²) in [4.78, 5) is 0. The molecule has 112 valence electrons. The fourth-order valence-corrected chi connectivity index (χ4v) is 3.28. The number of hydrogen-bond donors (Lipinski definition) is 1. The predicted octanol–water partition coefficient (Wildman–Crippen LogP) is 4.04. The van der Waals surface area contributed by atoms with Crippen molar-refractivity contribution in [1.82, 2.24) is 5.09 Å². The molecule has 0 aliphatic carbocycles. The van der Waals surface area contributed by atoms with Gasteiger partial charge in [-0.05, 0) is 31.0 Å². The zero-order valence-electron chi connectivity index (χ0n) is 12.2. The minimum absolute atomic E-state index is 0.0399. The first-order valence-electron chi connectivity index (χ1n) is 6.83. The van der Waals surface area contributed by atoms with Gasteiger partial charge in [-0.15, -0.1) is 0 Å². The summed E-state index contributed by atoms with van der Waals surface area (Å²) in [5, 5.41) is 2.95. The molecule has 0 aliphatic heterocycles. The summed E-state index contributed by atoms with van der Waals surface area (Å²) >= 11 is 0. The van der Waals surface area contributed by atoms with E-state index in [9.17, 15) is 4.57 Å². The Morgan fingerprint density at radius 3 is 2.19 bits per heavy atom. The number of nitrogens with one attached hydrogen (secondary N) is 1. The van der Waals surface area contributed by atoms with E-state index in [4.69, 9.17) is 9.05 Å². The molecule has 2 unspecified atom stereocenters. The molecule has 0 saturated heterocycles. The van der Waals surface area contributed by atoms with Crippen LogP contribution in [0.1, 0.15) is 12.5 Å². The van der Waals surface area contributed by atoms with Gasteiger partial charge < -0.3 is 4.52 Å². The minimum Gasteiger partial charge on any atom is -0.413 e. The largest absolute Gasteiger partial charge is 0.458 e. The van der Waals surface area contributed by atoms with Crippen LogP contribution in [0.2, 0.25) is 0 Å². The van der Waals surface area contributed by atoms with E-state index in [0.29, 0.717) is 5.75 Å². The third-order valence-electron chi connectivity index (χ3n) is 2.97. The van der Waals surface area contributed by atoms with Crippen LogP contribution in [0.4, 0.5) is 0 Å². The van der Waals surface area contributed by atoms with E-state index in [2.05, 4.69) is 5.09 Å².